The molecule has 0 amide bonds. The molecule has 0 fully saturated rings. The lowest BCUT2D eigenvalue weighted by molar-refractivity contribution is -0.374. The van der Waals surface area contributed by atoms with Gasteiger partial charge in [0.15, 0.2) is 0 Å². The zero-order valence-electron chi connectivity index (χ0n) is 11.5. The van der Waals surface area contributed by atoms with Crippen LogP contribution in [-0.4, -0.2) is 21.8 Å². The molecule has 0 N–H and O–H groups in total. The predicted octanol–water partition coefficient (Wildman–Crippen LogP) is 2.51. The maximum atomic E-state index is 11.3. The number of nitrogens with zero attached hydrogens (tertiary/aromatic N) is 3. The molecule has 0 aliphatic heterocycles. The number of hydrogen-bond acceptors (Lipinski definition) is 4. The van der Waals surface area contributed by atoms with E-state index in [1.54, 1.807) is 42.9 Å². The first-order chi connectivity index (χ1) is 9.54. The molecule has 0 radical (unpaired) electrons. The molecule has 1 aromatic carbocycles. The fourth-order valence-corrected chi connectivity index (χ4v) is 2.05. The van der Waals surface area contributed by atoms with Crippen LogP contribution in [0.25, 0.3) is 11.8 Å². The van der Waals surface area contributed by atoms with E-state index in [1.807, 2.05) is 6.07 Å². The molecule has 0 atom stereocenters. The first kappa shape index (κ1) is 13.8. The van der Waals surface area contributed by atoms with Gasteiger partial charge in [-0.1, -0.05) is 18.2 Å². The van der Waals surface area contributed by atoms with E-state index in [1.165, 1.54) is 13.2 Å². The summed E-state index contributed by atoms with van der Waals surface area (Å²) in [7, 11) is 3.25. The van der Waals surface area contributed by atoms with Gasteiger partial charge in [0.1, 0.15) is 0 Å². The van der Waals surface area contributed by atoms with Gasteiger partial charge in [-0.2, -0.15) is 5.10 Å². The van der Waals surface area contributed by atoms with E-state index < -0.39 is 4.92 Å². The first-order valence-electron chi connectivity index (χ1n) is 6.03. The highest BCUT2D eigenvalue weighted by molar-refractivity contribution is 5.78. The maximum Gasteiger partial charge on any atom is 0.277 e. The molecule has 104 valence electrons. The summed E-state index contributed by atoms with van der Waals surface area (Å²) in [6, 6.07) is 8.75. The molecule has 2 rings (SSSR count). The van der Waals surface area contributed by atoms with E-state index in [2.05, 4.69) is 5.10 Å². The van der Waals surface area contributed by atoms with Crippen molar-refractivity contribution in [3.63, 3.8) is 0 Å². The molecule has 0 unspecified atom stereocenters. The molecule has 0 spiro atoms. The Morgan fingerprint density at radius 2 is 2.05 bits per heavy atom. The topological polar surface area (TPSA) is 70.2 Å². The summed E-state index contributed by atoms with van der Waals surface area (Å²) in [5.41, 5.74) is 1.85. The van der Waals surface area contributed by atoms with Crippen LogP contribution in [0, 0.1) is 17.0 Å². The smallest absolute Gasteiger partial charge is 0.277 e. The van der Waals surface area contributed by atoms with Gasteiger partial charge in [-0.25, -0.2) is 4.68 Å². The van der Waals surface area contributed by atoms with Crippen LogP contribution < -0.4 is 4.74 Å². The average molecular weight is 273 g/mol. The molecule has 20 heavy (non-hydrogen) atoms. The van der Waals surface area contributed by atoms with Crippen LogP contribution in [0.4, 0.5) is 0 Å². The number of benzene rings is 1. The summed E-state index contributed by atoms with van der Waals surface area (Å²) >= 11 is 0. The van der Waals surface area contributed by atoms with Crippen molar-refractivity contribution in [2.75, 3.05) is 7.11 Å². The number of nitro groups is 1. The summed E-state index contributed by atoms with van der Waals surface area (Å²) in [5.74, 6) is 0.498. The minimum Gasteiger partial charge on any atom is -0.481 e. The van der Waals surface area contributed by atoms with Crippen molar-refractivity contribution >= 4 is 11.8 Å². The Morgan fingerprint density at radius 1 is 1.40 bits per heavy atom. The molecular weight excluding hydrogens is 258 g/mol. The third-order valence-corrected chi connectivity index (χ3v) is 2.95. The minimum atomic E-state index is -0.402. The molecule has 0 aliphatic rings. The minimum absolute atomic E-state index is 0.0139. The lowest BCUT2D eigenvalue weighted by Gasteiger charge is -2.02. The van der Waals surface area contributed by atoms with Crippen molar-refractivity contribution in [1.82, 2.24) is 9.78 Å². The van der Waals surface area contributed by atoms with Crippen LogP contribution in [0.5, 0.6) is 5.88 Å². The fraction of sp³-hybridized carbons (Fsp3) is 0.214. The molecule has 0 saturated heterocycles. The quantitative estimate of drug-likeness (QED) is 0.634. The molecule has 1 aromatic heterocycles. The van der Waals surface area contributed by atoms with Gasteiger partial charge >= 0.3 is 0 Å². The van der Waals surface area contributed by atoms with Crippen molar-refractivity contribution in [3.8, 4) is 5.88 Å². The summed E-state index contributed by atoms with van der Waals surface area (Å²) < 4.78 is 6.81. The molecular formula is C14H15N3O3. The Labute approximate surface area is 116 Å². The maximum absolute atomic E-state index is 11.3. The Bertz CT molecular complexity index is 660. The van der Waals surface area contributed by atoms with E-state index >= 15 is 0 Å². The van der Waals surface area contributed by atoms with Crippen LogP contribution >= 0.6 is 0 Å². The van der Waals surface area contributed by atoms with Crippen LogP contribution in [-0.2, 0) is 7.05 Å². The molecule has 0 bridgehead atoms. The van der Waals surface area contributed by atoms with Gasteiger partial charge in [-0.15, -0.1) is 0 Å². The van der Waals surface area contributed by atoms with Crippen LogP contribution in [0.1, 0.15) is 16.8 Å². The molecule has 2 aromatic rings. The predicted molar refractivity (Wildman–Crippen MR) is 75.8 cm³/mol. The second kappa shape index (κ2) is 5.56. The van der Waals surface area contributed by atoms with Crippen molar-refractivity contribution in [1.29, 1.82) is 0 Å². The van der Waals surface area contributed by atoms with E-state index in [4.69, 9.17) is 4.74 Å². The number of methoxy groups -OCH3 is 1. The summed E-state index contributed by atoms with van der Waals surface area (Å²) in [5, 5.41) is 15.5. The van der Waals surface area contributed by atoms with Crippen LogP contribution in [0.15, 0.2) is 30.3 Å². The Morgan fingerprint density at radius 3 is 2.60 bits per heavy atom. The van der Waals surface area contributed by atoms with E-state index in [9.17, 15) is 10.1 Å². The standard InChI is InChI=1S/C14H15N3O3/c1-10-12(14(20-3)16(2)15-10)9-13(17(18)19)11-7-5-4-6-8-11/h4-9H,1-3H3/b13-9+. The largest absolute Gasteiger partial charge is 0.481 e. The molecule has 6 heteroatoms. The molecule has 1 heterocycles. The van der Waals surface area contributed by atoms with Gasteiger partial charge in [-0.05, 0) is 19.1 Å². The van der Waals surface area contributed by atoms with Gasteiger partial charge in [-0.3, -0.25) is 10.1 Å². The van der Waals surface area contributed by atoms with E-state index in [0.717, 1.165) is 0 Å². The SMILES string of the molecule is COc1c(/C=C(\c2ccccc2)[N+](=O)[O-])c(C)nn1C. The average Bonchev–Trinajstić information content (AvgIpc) is 2.70. The number of aromatic nitrogens is 2. The van der Waals surface area contributed by atoms with Gasteiger partial charge in [0, 0.05) is 13.1 Å². The number of hydrogen-bond donors (Lipinski definition) is 0. The van der Waals surface area contributed by atoms with Gasteiger partial charge in [0.25, 0.3) is 5.70 Å². The third kappa shape index (κ3) is 2.54. The van der Waals surface area contributed by atoms with Gasteiger partial charge in [0.2, 0.25) is 5.88 Å². The summed E-state index contributed by atoms with van der Waals surface area (Å²) in [4.78, 5) is 10.9. The van der Waals surface area contributed by atoms with Gasteiger partial charge in [0.05, 0.1) is 28.9 Å². The Balaban J connectivity index is 2.59. The van der Waals surface area contributed by atoms with Crippen molar-refractivity contribution < 1.29 is 9.66 Å². The first-order valence-corrected chi connectivity index (χ1v) is 6.03. The molecule has 6 nitrogen and oxygen atoms in total. The monoisotopic (exact) mass is 273 g/mol. The van der Waals surface area contributed by atoms with E-state index in [-0.39, 0.29) is 5.70 Å². The number of aryl methyl sites for hydroxylation is 2. The zero-order valence-corrected chi connectivity index (χ0v) is 11.5. The third-order valence-electron chi connectivity index (χ3n) is 2.95. The highest BCUT2D eigenvalue weighted by atomic mass is 16.6. The van der Waals surface area contributed by atoms with E-state index in [0.29, 0.717) is 22.7 Å². The fourth-order valence-electron chi connectivity index (χ4n) is 2.05. The Kier molecular flexibility index (Phi) is 3.84. The lowest BCUT2D eigenvalue weighted by atomic mass is 10.1. The number of ether oxygens (including phenoxy) is 1. The summed E-state index contributed by atoms with van der Waals surface area (Å²) in [6.45, 7) is 1.79. The van der Waals surface area contributed by atoms with Gasteiger partial charge < -0.3 is 4.74 Å². The normalized spacial score (nSPS) is 11.4. The Hall–Kier alpha value is -2.63. The van der Waals surface area contributed by atoms with Crippen molar-refractivity contribution in [2.24, 2.45) is 7.05 Å². The van der Waals surface area contributed by atoms with Crippen LogP contribution in [0.3, 0.4) is 0 Å². The van der Waals surface area contributed by atoms with Crippen molar-refractivity contribution in [3.05, 3.63) is 57.3 Å². The number of rotatable bonds is 4. The molecule has 0 saturated carbocycles. The van der Waals surface area contributed by atoms with Crippen LogP contribution in [0.2, 0.25) is 0 Å². The van der Waals surface area contributed by atoms with Crippen molar-refractivity contribution in [2.45, 2.75) is 6.92 Å². The lowest BCUT2D eigenvalue weighted by Crippen LogP contribution is -1.99. The zero-order chi connectivity index (χ0) is 14.7. The highest BCUT2D eigenvalue weighted by Crippen LogP contribution is 2.27. The molecule has 0 aliphatic carbocycles. The highest BCUT2D eigenvalue weighted by Gasteiger charge is 2.19. The second-order valence-corrected chi connectivity index (χ2v) is 4.28. The summed E-state index contributed by atoms with van der Waals surface area (Å²) in [6.07, 6.45) is 1.50. The second-order valence-electron chi connectivity index (χ2n) is 4.28.